The van der Waals surface area contributed by atoms with E-state index in [9.17, 15) is 9.59 Å². The minimum Gasteiger partial charge on any atom is -0.342 e. The maximum atomic E-state index is 12.1. The van der Waals surface area contributed by atoms with Crippen LogP contribution in [0.4, 0.5) is 0 Å². The minimum absolute atomic E-state index is 0.00750. The summed E-state index contributed by atoms with van der Waals surface area (Å²) in [5, 5.41) is 2.76. The number of carbonyl (C=O) groups excluding carboxylic acids is 2. The summed E-state index contributed by atoms with van der Waals surface area (Å²) in [5.74, 6) is 2.81. The van der Waals surface area contributed by atoms with Crippen LogP contribution < -0.4 is 5.32 Å². The molecule has 0 radical (unpaired) electrons. The van der Waals surface area contributed by atoms with E-state index in [1.807, 2.05) is 6.92 Å². The van der Waals surface area contributed by atoms with Crippen molar-refractivity contribution < 1.29 is 9.59 Å². The molecule has 1 aliphatic carbocycles. The molecule has 2 fully saturated rings. The quantitative estimate of drug-likeness (QED) is 0.688. The number of hydrogen-bond acceptors (Lipinski definition) is 2. The zero-order valence-electron chi connectivity index (χ0n) is 9.40. The van der Waals surface area contributed by atoms with Crippen molar-refractivity contribution in [2.24, 2.45) is 5.92 Å². The van der Waals surface area contributed by atoms with Crippen LogP contribution in [-0.2, 0) is 9.59 Å². The van der Waals surface area contributed by atoms with Gasteiger partial charge in [0.25, 0.3) is 0 Å². The number of carbonyl (C=O) groups is 2. The molecule has 0 spiro atoms. The molecule has 1 heterocycles. The fourth-order valence-corrected chi connectivity index (χ4v) is 2.13. The maximum Gasteiger partial charge on any atom is 0.246 e. The molecule has 1 aliphatic heterocycles. The van der Waals surface area contributed by atoms with Gasteiger partial charge in [-0.1, -0.05) is 12.8 Å². The van der Waals surface area contributed by atoms with Crippen molar-refractivity contribution in [2.75, 3.05) is 6.54 Å². The summed E-state index contributed by atoms with van der Waals surface area (Å²) in [6.07, 6.45) is 8.12. The lowest BCUT2D eigenvalue weighted by atomic mass is 10.1. The smallest absolute Gasteiger partial charge is 0.246 e. The van der Waals surface area contributed by atoms with E-state index in [1.54, 1.807) is 4.90 Å². The molecule has 1 saturated carbocycles. The Morgan fingerprint density at radius 2 is 2.25 bits per heavy atom. The topological polar surface area (TPSA) is 49.4 Å². The van der Waals surface area contributed by atoms with Crippen LogP contribution in [-0.4, -0.2) is 35.3 Å². The normalized spacial score (nSPS) is 27.2. The monoisotopic (exact) mass is 220 g/mol. The van der Waals surface area contributed by atoms with Crippen molar-refractivity contribution in [3.8, 4) is 12.3 Å². The first-order valence-corrected chi connectivity index (χ1v) is 5.73. The standard InChI is InChI=1S/C12H16N2O2/c1-3-9(4-2)14-7-10(15)13-11(12(14)16)8-5-6-8/h1,8-9,11H,4-7H2,2H3,(H,13,15). The third-order valence-corrected chi connectivity index (χ3v) is 3.23. The number of piperazine rings is 1. The predicted molar refractivity (Wildman–Crippen MR) is 59.3 cm³/mol. The van der Waals surface area contributed by atoms with Gasteiger partial charge in [0, 0.05) is 0 Å². The van der Waals surface area contributed by atoms with Gasteiger partial charge in [-0.3, -0.25) is 9.59 Å². The maximum absolute atomic E-state index is 12.1. The Morgan fingerprint density at radius 1 is 1.56 bits per heavy atom. The zero-order valence-corrected chi connectivity index (χ0v) is 9.40. The Balaban J connectivity index is 2.14. The van der Waals surface area contributed by atoms with Gasteiger partial charge in [-0.05, 0) is 25.2 Å². The number of terminal acetylenes is 1. The lowest BCUT2D eigenvalue weighted by Gasteiger charge is -2.35. The van der Waals surface area contributed by atoms with Gasteiger partial charge in [-0.15, -0.1) is 6.42 Å². The van der Waals surface area contributed by atoms with Gasteiger partial charge in [0.2, 0.25) is 11.8 Å². The van der Waals surface area contributed by atoms with Crippen LogP contribution in [0.3, 0.4) is 0 Å². The summed E-state index contributed by atoms with van der Waals surface area (Å²) < 4.78 is 0. The molecular formula is C12H16N2O2. The highest BCUT2D eigenvalue weighted by Crippen LogP contribution is 2.34. The molecule has 0 aromatic carbocycles. The van der Waals surface area contributed by atoms with Crippen molar-refractivity contribution in [2.45, 2.75) is 38.3 Å². The molecule has 2 aliphatic rings. The largest absolute Gasteiger partial charge is 0.342 e. The number of rotatable bonds is 3. The second-order valence-electron chi connectivity index (χ2n) is 4.44. The molecule has 2 amide bonds. The summed E-state index contributed by atoms with van der Waals surface area (Å²) in [6, 6.07) is -0.580. The summed E-state index contributed by atoms with van der Waals surface area (Å²) >= 11 is 0. The fraction of sp³-hybridized carbons (Fsp3) is 0.667. The first-order chi connectivity index (χ1) is 7.67. The van der Waals surface area contributed by atoms with Crippen LogP contribution in [0.15, 0.2) is 0 Å². The van der Waals surface area contributed by atoms with Crippen molar-refractivity contribution in [3.05, 3.63) is 0 Å². The molecule has 86 valence electrons. The number of amides is 2. The van der Waals surface area contributed by atoms with Gasteiger partial charge >= 0.3 is 0 Å². The van der Waals surface area contributed by atoms with E-state index in [2.05, 4.69) is 11.2 Å². The summed E-state index contributed by atoms with van der Waals surface area (Å²) in [7, 11) is 0. The molecule has 0 aromatic heterocycles. The fourth-order valence-electron chi connectivity index (χ4n) is 2.13. The van der Waals surface area contributed by atoms with Crippen molar-refractivity contribution in [1.29, 1.82) is 0 Å². The number of nitrogens with zero attached hydrogens (tertiary/aromatic N) is 1. The molecule has 16 heavy (non-hydrogen) atoms. The first-order valence-electron chi connectivity index (χ1n) is 5.73. The third-order valence-electron chi connectivity index (χ3n) is 3.23. The summed E-state index contributed by atoms with van der Waals surface area (Å²) in [4.78, 5) is 25.2. The Kier molecular flexibility index (Phi) is 2.86. The van der Waals surface area contributed by atoms with Crippen molar-refractivity contribution >= 4 is 11.8 Å². The minimum atomic E-state index is -0.330. The van der Waals surface area contributed by atoms with Gasteiger partial charge in [0.1, 0.15) is 12.6 Å². The molecule has 1 saturated heterocycles. The van der Waals surface area contributed by atoms with Crippen molar-refractivity contribution in [3.63, 3.8) is 0 Å². The van der Waals surface area contributed by atoms with E-state index in [1.165, 1.54) is 0 Å². The molecule has 4 nitrogen and oxygen atoms in total. The Morgan fingerprint density at radius 3 is 2.75 bits per heavy atom. The predicted octanol–water partition coefficient (Wildman–Crippen LogP) is 0.135. The summed E-state index contributed by atoms with van der Waals surface area (Å²) in [5.41, 5.74) is 0. The lowest BCUT2D eigenvalue weighted by Crippen LogP contribution is -2.61. The summed E-state index contributed by atoms with van der Waals surface area (Å²) in [6.45, 7) is 2.03. The highest BCUT2D eigenvalue weighted by Gasteiger charge is 2.43. The zero-order chi connectivity index (χ0) is 11.7. The third kappa shape index (κ3) is 1.90. The molecule has 2 atom stereocenters. The van der Waals surface area contributed by atoms with Crippen molar-refractivity contribution in [1.82, 2.24) is 10.2 Å². The van der Waals surface area contributed by atoms with Gasteiger partial charge in [0.15, 0.2) is 0 Å². The van der Waals surface area contributed by atoms with Gasteiger partial charge in [0.05, 0.1) is 6.04 Å². The SMILES string of the molecule is C#CC(CC)N1CC(=O)NC(C2CC2)C1=O. The van der Waals surface area contributed by atoms with E-state index in [-0.39, 0.29) is 30.4 Å². The Hall–Kier alpha value is -1.50. The number of hydrogen-bond donors (Lipinski definition) is 1. The highest BCUT2D eigenvalue weighted by molar-refractivity contribution is 5.95. The van der Waals surface area contributed by atoms with E-state index < -0.39 is 0 Å². The first kappa shape index (κ1) is 11.0. The molecular weight excluding hydrogens is 204 g/mol. The molecule has 2 unspecified atom stereocenters. The average Bonchev–Trinajstić information content (AvgIpc) is 3.08. The van der Waals surface area contributed by atoms with E-state index in [4.69, 9.17) is 6.42 Å². The van der Waals surface area contributed by atoms with Gasteiger partial charge in [-0.2, -0.15) is 0 Å². The van der Waals surface area contributed by atoms with E-state index in [0.717, 1.165) is 12.8 Å². The molecule has 0 bridgehead atoms. The second-order valence-corrected chi connectivity index (χ2v) is 4.44. The molecule has 1 N–H and O–H groups in total. The molecule has 0 aromatic rings. The Bertz CT molecular complexity index is 355. The van der Waals surface area contributed by atoms with Crippen LogP contribution in [0.1, 0.15) is 26.2 Å². The highest BCUT2D eigenvalue weighted by atomic mass is 16.2. The van der Waals surface area contributed by atoms with E-state index in [0.29, 0.717) is 12.3 Å². The average molecular weight is 220 g/mol. The van der Waals surface area contributed by atoms with Crippen LogP contribution in [0.25, 0.3) is 0 Å². The lowest BCUT2D eigenvalue weighted by molar-refractivity contribution is -0.146. The molecule has 4 heteroatoms. The van der Waals surface area contributed by atoms with Crippen LogP contribution in [0.5, 0.6) is 0 Å². The Labute approximate surface area is 95.4 Å². The number of nitrogens with one attached hydrogen (secondary N) is 1. The van der Waals surface area contributed by atoms with Crippen LogP contribution in [0.2, 0.25) is 0 Å². The molecule has 2 rings (SSSR count). The van der Waals surface area contributed by atoms with Crippen LogP contribution >= 0.6 is 0 Å². The van der Waals surface area contributed by atoms with Crippen LogP contribution in [0, 0.1) is 18.3 Å². The van der Waals surface area contributed by atoms with Gasteiger partial charge < -0.3 is 10.2 Å². The van der Waals surface area contributed by atoms with Gasteiger partial charge in [-0.25, -0.2) is 0 Å². The van der Waals surface area contributed by atoms with E-state index >= 15 is 0 Å². The second kappa shape index (κ2) is 4.17.